The average Bonchev–Trinajstić information content (AvgIpc) is 2.40. The summed E-state index contributed by atoms with van der Waals surface area (Å²) in [5.74, 6) is 0. The molecule has 1 saturated heterocycles. The summed E-state index contributed by atoms with van der Waals surface area (Å²) in [4.78, 5) is 16.1. The number of nitrogens with zero attached hydrogens (tertiary/aromatic N) is 2. The molecule has 0 spiro atoms. The van der Waals surface area contributed by atoms with Crippen molar-refractivity contribution in [3.05, 3.63) is 28.2 Å². The zero-order valence-electron chi connectivity index (χ0n) is 13.1. The lowest BCUT2D eigenvalue weighted by molar-refractivity contribution is 0.0240. The lowest BCUT2D eigenvalue weighted by atomic mass is 10.2. The number of aryl methyl sites for hydroxylation is 1. The van der Waals surface area contributed by atoms with Crippen LogP contribution in [0.2, 0.25) is 0 Å². The number of halogens is 1. The maximum absolute atomic E-state index is 12.0. The Kier molecular flexibility index (Phi) is 4.81. The minimum Gasteiger partial charge on any atom is -0.444 e. The second-order valence-corrected chi connectivity index (χ2v) is 7.24. The highest BCUT2D eigenvalue weighted by Gasteiger charge is 2.25. The van der Waals surface area contributed by atoms with Gasteiger partial charge in [0.25, 0.3) is 0 Å². The Hall–Kier alpha value is -1.23. The van der Waals surface area contributed by atoms with Crippen molar-refractivity contribution < 1.29 is 9.53 Å². The van der Waals surface area contributed by atoms with Crippen molar-refractivity contribution in [2.24, 2.45) is 0 Å². The third-order valence-corrected chi connectivity index (χ3v) is 4.31. The fourth-order valence-electron chi connectivity index (χ4n) is 2.25. The molecule has 0 aliphatic carbocycles. The summed E-state index contributed by atoms with van der Waals surface area (Å²) < 4.78 is 6.53. The summed E-state index contributed by atoms with van der Waals surface area (Å²) in [6.45, 7) is 10.8. The minimum atomic E-state index is -0.434. The first-order valence-electron chi connectivity index (χ1n) is 7.25. The molecule has 1 aromatic rings. The Morgan fingerprint density at radius 2 is 1.81 bits per heavy atom. The van der Waals surface area contributed by atoms with E-state index in [-0.39, 0.29) is 6.09 Å². The molecule has 2 rings (SSSR count). The van der Waals surface area contributed by atoms with Gasteiger partial charge in [-0.2, -0.15) is 0 Å². The van der Waals surface area contributed by atoms with Crippen LogP contribution in [0.5, 0.6) is 0 Å². The van der Waals surface area contributed by atoms with Gasteiger partial charge in [-0.05, 0) is 45.4 Å². The number of benzene rings is 1. The first-order chi connectivity index (χ1) is 9.76. The molecule has 1 fully saturated rings. The zero-order chi connectivity index (χ0) is 15.6. The Bertz CT molecular complexity index is 517. The molecule has 1 amide bonds. The fourth-order valence-corrected chi connectivity index (χ4v) is 2.62. The van der Waals surface area contributed by atoms with Crippen LogP contribution >= 0.6 is 15.9 Å². The van der Waals surface area contributed by atoms with E-state index in [1.165, 1.54) is 11.3 Å². The molecule has 0 N–H and O–H groups in total. The summed E-state index contributed by atoms with van der Waals surface area (Å²) in [6, 6.07) is 6.38. The predicted octanol–water partition coefficient (Wildman–Crippen LogP) is 3.81. The number of piperazine rings is 1. The van der Waals surface area contributed by atoms with E-state index in [1.54, 1.807) is 4.90 Å². The van der Waals surface area contributed by atoms with Crippen molar-refractivity contribution in [2.45, 2.75) is 33.3 Å². The van der Waals surface area contributed by atoms with Crippen molar-refractivity contribution >= 4 is 27.7 Å². The molecule has 1 aliphatic rings. The molecule has 5 heteroatoms. The molecule has 0 bridgehead atoms. The highest BCUT2D eigenvalue weighted by atomic mass is 79.9. The van der Waals surface area contributed by atoms with E-state index in [1.807, 2.05) is 20.8 Å². The number of hydrogen-bond acceptors (Lipinski definition) is 3. The first kappa shape index (κ1) is 16.1. The van der Waals surface area contributed by atoms with Crippen LogP contribution in [0.15, 0.2) is 22.7 Å². The van der Waals surface area contributed by atoms with E-state index in [9.17, 15) is 4.79 Å². The van der Waals surface area contributed by atoms with E-state index >= 15 is 0 Å². The van der Waals surface area contributed by atoms with Gasteiger partial charge in [-0.1, -0.05) is 22.0 Å². The quantitative estimate of drug-likeness (QED) is 0.768. The highest BCUT2D eigenvalue weighted by molar-refractivity contribution is 9.10. The fraction of sp³-hybridized carbons (Fsp3) is 0.562. The van der Waals surface area contributed by atoms with Gasteiger partial charge in [-0.15, -0.1) is 0 Å². The van der Waals surface area contributed by atoms with Gasteiger partial charge >= 0.3 is 6.09 Å². The van der Waals surface area contributed by atoms with Crippen LogP contribution in [0.4, 0.5) is 10.5 Å². The monoisotopic (exact) mass is 354 g/mol. The van der Waals surface area contributed by atoms with Crippen LogP contribution in [0, 0.1) is 6.92 Å². The molecular formula is C16H23BrN2O2. The summed E-state index contributed by atoms with van der Waals surface area (Å²) in [7, 11) is 0. The lowest BCUT2D eigenvalue weighted by Crippen LogP contribution is -2.50. The Morgan fingerprint density at radius 1 is 1.19 bits per heavy atom. The standard InChI is InChI=1S/C16H23BrN2O2/c1-12-5-6-13(11-14(12)17)18-7-9-19(10-8-18)15(20)21-16(2,3)4/h5-6,11H,7-10H2,1-4H3. The molecule has 1 aromatic carbocycles. The number of carbonyl (C=O) groups is 1. The van der Waals surface area contributed by atoms with E-state index in [4.69, 9.17) is 4.74 Å². The zero-order valence-corrected chi connectivity index (χ0v) is 14.7. The molecule has 116 valence electrons. The van der Waals surface area contributed by atoms with Crippen LogP contribution < -0.4 is 4.90 Å². The van der Waals surface area contributed by atoms with Crippen LogP contribution in [-0.4, -0.2) is 42.8 Å². The third-order valence-electron chi connectivity index (χ3n) is 3.45. The Labute approximate surface area is 135 Å². The largest absolute Gasteiger partial charge is 0.444 e. The van der Waals surface area contributed by atoms with Gasteiger partial charge in [0.15, 0.2) is 0 Å². The SMILES string of the molecule is Cc1ccc(N2CCN(C(=O)OC(C)(C)C)CC2)cc1Br. The van der Waals surface area contributed by atoms with Gasteiger partial charge in [0.05, 0.1) is 0 Å². The van der Waals surface area contributed by atoms with Crippen molar-refractivity contribution in [3.8, 4) is 0 Å². The average molecular weight is 355 g/mol. The topological polar surface area (TPSA) is 32.8 Å². The van der Waals surface area contributed by atoms with Crippen LogP contribution in [0.1, 0.15) is 26.3 Å². The van der Waals surface area contributed by atoms with Gasteiger partial charge in [0.2, 0.25) is 0 Å². The summed E-state index contributed by atoms with van der Waals surface area (Å²) in [5, 5.41) is 0. The predicted molar refractivity (Wildman–Crippen MR) is 88.9 cm³/mol. The van der Waals surface area contributed by atoms with E-state index < -0.39 is 5.60 Å². The second kappa shape index (κ2) is 6.26. The summed E-state index contributed by atoms with van der Waals surface area (Å²) in [5.41, 5.74) is 1.98. The van der Waals surface area contributed by atoms with Crippen molar-refractivity contribution in [3.63, 3.8) is 0 Å². The number of anilines is 1. The highest BCUT2D eigenvalue weighted by Crippen LogP contribution is 2.24. The van der Waals surface area contributed by atoms with Gasteiger partial charge in [-0.25, -0.2) is 4.79 Å². The maximum atomic E-state index is 12.0. The van der Waals surface area contributed by atoms with E-state index in [0.717, 1.165) is 17.6 Å². The molecule has 0 saturated carbocycles. The number of amides is 1. The molecular weight excluding hydrogens is 332 g/mol. The first-order valence-corrected chi connectivity index (χ1v) is 8.04. The molecule has 1 aliphatic heterocycles. The summed E-state index contributed by atoms with van der Waals surface area (Å²) in [6.07, 6.45) is -0.216. The number of carbonyl (C=O) groups excluding carboxylic acids is 1. The van der Waals surface area contributed by atoms with Crippen molar-refractivity contribution in [2.75, 3.05) is 31.1 Å². The molecule has 0 atom stereocenters. The van der Waals surface area contributed by atoms with Crippen LogP contribution in [0.3, 0.4) is 0 Å². The second-order valence-electron chi connectivity index (χ2n) is 6.39. The van der Waals surface area contributed by atoms with Crippen molar-refractivity contribution in [1.29, 1.82) is 0 Å². The maximum Gasteiger partial charge on any atom is 0.410 e. The Morgan fingerprint density at radius 3 is 2.33 bits per heavy atom. The van der Waals surface area contributed by atoms with Gasteiger partial charge in [-0.3, -0.25) is 0 Å². The van der Waals surface area contributed by atoms with E-state index in [2.05, 4.69) is 46.0 Å². The smallest absolute Gasteiger partial charge is 0.410 e. The van der Waals surface area contributed by atoms with Crippen molar-refractivity contribution in [1.82, 2.24) is 4.90 Å². The molecule has 0 unspecified atom stereocenters. The molecule has 1 heterocycles. The molecule has 0 radical (unpaired) electrons. The van der Waals surface area contributed by atoms with Gasteiger partial charge in [0, 0.05) is 36.3 Å². The minimum absolute atomic E-state index is 0.216. The van der Waals surface area contributed by atoms with E-state index in [0.29, 0.717) is 13.1 Å². The molecule has 21 heavy (non-hydrogen) atoms. The van der Waals surface area contributed by atoms with Crippen LogP contribution in [0.25, 0.3) is 0 Å². The van der Waals surface area contributed by atoms with Gasteiger partial charge < -0.3 is 14.5 Å². The third kappa shape index (κ3) is 4.37. The molecule has 4 nitrogen and oxygen atoms in total. The van der Waals surface area contributed by atoms with Crippen LogP contribution in [-0.2, 0) is 4.74 Å². The molecule has 0 aromatic heterocycles. The van der Waals surface area contributed by atoms with Gasteiger partial charge in [0.1, 0.15) is 5.60 Å². The Balaban J connectivity index is 1.94. The number of ether oxygens (including phenoxy) is 1. The number of rotatable bonds is 1. The lowest BCUT2D eigenvalue weighted by Gasteiger charge is -2.36. The normalized spacial score (nSPS) is 16.0. The summed E-state index contributed by atoms with van der Waals surface area (Å²) >= 11 is 3.57. The number of hydrogen-bond donors (Lipinski definition) is 0.